The van der Waals surface area contributed by atoms with Crippen molar-refractivity contribution in [1.29, 1.82) is 0 Å². The van der Waals surface area contributed by atoms with Crippen LogP contribution < -0.4 is 10.2 Å². The van der Waals surface area contributed by atoms with Crippen LogP contribution in [-0.2, 0) is 23.8 Å². The van der Waals surface area contributed by atoms with Crippen molar-refractivity contribution in [2.75, 3.05) is 71.1 Å². The van der Waals surface area contributed by atoms with Gasteiger partial charge >= 0.3 is 0 Å². The fraction of sp³-hybridized carbons (Fsp3) is 0.613. The van der Waals surface area contributed by atoms with E-state index in [9.17, 15) is 14.4 Å². The lowest BCUT2D eigenvalue weighted by molar-refractivity contribution is -0.139. The molecule has 5 rings (SSSR count). The number of nitrogens with one attached hydrogen (secondary N) is 1. The van der Waals surface area contributed by atoms with Gasteiger partial charge in [-0.2, -0.15) is 0 Å². The van der Waals surface area contributed by atoms with E-state index in [1.165, 1.54) is 0 Å². The average Bonchev–Trinajstić information content (AvgIpc) is 3.76. The van der Waals surface area contributed by atoms with E-state index < -0.39 is 18.2 Å². The van der Waals surface area contributed by atoms with Crippen molar-refractivity contribution in [1.82, 2.24) is 20.1 Å². The molecule has 4 heterocycles. The van der Waals surface area contributed by atoms with Gasteiger partial charge in [0.25, 0.3) is 5.91 Å². The molecular weight excluding hydrogens is 570 g/mol. The van der Waals surface area contributed by atoms with Crippen molar-refractivity contribution in [3.8, 4) is 11.3 Å². The van der Waals surface area contributed by atoms with Gasteiger partial charge in [0.2, 0.25) is 5.91 Å². The molecule has 5 atom stereocenters. The van der Waals surface area contributed by atoms with Crippen molar-refractivity contribution in [2.24, 2.45) is 5.92 Å². The van der Waals surface area contributed by atoms with Crippen LogP contribution in [0.15, 0.2) is 29.6 Å². The van der Waals surface area contributed by atoms with Crippen LogP contribution in [-0.4, -0.2) is 123 Å². The molecular formula is C31H43N5O6S. The lowest BCUT2D eigenvalue weighted by Crippen LogP contribution is -2.54. The summed E-state index contributed by atoms with van der Waals surface area (Å²) in [6.07, 6.45) is -0.137. The molecule has 0 aliphatic carbocycles. The maximum atomic E-state index is 13.8. The van der Waals surface area contributed by atoms with Gasteiger partial charge in [0.1, 0.15) is 30.9 Å². The van der Waals surface area contributed by atoms with E-state index in [0.717, 1.165) is 55.7 Å². The summed E-state index contributed by atoms with van der Waals surface area (Å²) in [5, 5.41) is 6.02. The number of ketones is 1. The quantitative estimate of drug-likeness (QED) is 0.385. The number of nitrogens with zero attached hydrogens (tertiary/aromatic N) is 4. The zero-order valence-electron chi connectivity index (χ0n) is 25.5. The minimum absolute atomic E-state index is 0.0264. The highest BCUT2D eigenvalue weighted by Gasteiger charge is 2.54. The Labute approximate surface area is 257 Å². The Morgan fingerprint density at radius 3 is 2.58 bits per heavy atom. The van der Waals surface area contributed by atoms with Crippen molar-refractivity contribution in [3.05, 3.63) is 35.2 Å². The Kier molecular flexibility index (Phi) is 10.5. The second-order valence-electron chi connectivity index (χ2n) is 11.4. The van der Waals surface area contributed by atoms with E-state index in [1.807, 2.05) is 38.3 Å². The van der Waals surface area contributed by atoms with Gasteiger partial charge in [-0.15, -0.1) is 11.3 Å². The molecule has 2 aromatic rings. The lowest BCUT2D eigenvalue weighted by Gasteiger charge is -2.34. The molecule has 3 aliphatic rings. The van der Waals surface area contributed by atoms with Gasteiger partial charge < -0.3 is 29.3 Å². The molecule has 2 amide bonds. The van der Waals surface area contributed by atoms with E-state index in [0.29, 0.717) is 18.6 Å². The topological polar surface area (TPSA) is 114 Å². The number of carbonyl (C=O) groups excluding carboxylic acids is 3. The number of piperazine rings is 1. The standard InChI is InChI=1S/C31H43N5O6S/c1-5-20(3)26(30(39)36-17-25(41-6-2)28-27(36)24(37)18-42-28)33-29(38)22-9-7-21(8-10-22)23-19-43-31(32-23)35-13-11-34(12-14-35)15-16-40-4/h7-10,19-20,25-28H,5-6,11-18H2,1-4H3,(H,33,38)/t20-,25-,26-,27+,28+/m0/s1. The largest absolute Gasteiger partial charge is 0.383 e. The first-order valence-corrected chi connectivity index (χ1v) is 16.1. The van der Waals surface area contributed by atoms with Gasteiger partial charge in [-0.1, -0.05) is 32.4 Å². The van der Waals surface area contributed by atoms with Gasteiger partial charge in [-0.3, -0.25) is 19.3 Å². The van der Waals surface area contributed by atoms with Gasteiger partial charge in [-0.25, -0.2) is 4.98 Å². The fourth-order valence-corrected chi connectivity index (χ4v) is 6.89. The van der Waals surface area contributed by atoms with E-state index in [4.69, 9.17) is 19.2 Å². The van der Waals surface area contributed by atoms with Crippen LogP contribution in [0.2, 0.25) is 0 Å². The fourth-order valence-electron chi connectivity index (χ4n) is 6.00. The number of amides is 2. The zero-order valence-corrected chi connectivity index (χ0v) is 26.3. The maximum absolute atomic E-state index is 13.8. The van der Waals surface area contributed by atoms with E-state index in [-0.39, 0.29) is 42.8 Å². The van der Waals surface area contributed by atoms with Crippen LogP contribution in [0.25, 0.3) is 11.3 Å². The summed E-state index contributed by atoms with van der Waals surface area (Å²) < 4.78 is 16.7. The van der Waals surface area contributed by atoms with Crippen molar-refractivity contribution in [3.63, 3.8) is 0 Å². The predicted molar refractivity (Wildman–Crippen MR) is 164 cm³/mol. The molecule has 43 heavy (non-hydrogen) atoms. The number of hydrogen-bond acceptors (Lipinski definition) is 10. The first-order chi connectivity index (χ1) is 20.8. The summed E-state index contributed by atoms with van der Waals surface area (Å²) in [6, 6.07) is 5.87. The zero-order chi connectivity index (χ0) is 30.5. The van der Waals surface area contributed by atoms with Crippen molar-refractivity contribution in [2.45, 2.75) is 51.5 Å². The number of rotatable bonds is 12. The van der Waals surface area contributed by atoms with Crippen molar-refractivity contribution >= 4 is 34.1 Å². The number of carbonyl (C=O) groups is 3. The summed E-state index contributed by atoms with van der Waals surface area (Å²) >= 11 is 1.63. The molecule has 0 spiro atoms. The number of benzene rings is 1. The summed E-state index contributed by atoms with van der Waals surface area (Å²) in [5.74, 6) is -0.862. The van der Waals surface area contributed by atoms with Gasteiger partial charge in [0.05, 0.1) is 18.8 Å². The molecule has 12 heteroatoms. The van der Waals surface area contributed by atoms with Crippen LogP contribution >= 0.6 is 11.3 Å². The van der Waals surface area contributed by atoms with Gasteiger partial charge in [0.15, 0.2) is 10.9 Å². The number of aromatic nitrogens is 1. The molecule has 1 N–H and O–H groups in total. The second kappa shape index (κ2) is 14.3. The highest BCUT2D eigenvalue weighted by atomic mass is 32.1. The van der Waals surface area contributed by atoms with Crippen LogP contribution in [0.5, 0.6) is 0 Å². The molecule has 3 fully saturated rings. The third-order valence-electron chi connectivity index (χ3n) is 8.76. The highest BCUT2D eigenvalue weighted by molar-refractivity contribution is 7.14. The van der Waals surface area contributed by atoms with Crippen LogP contribution in [0, 0.1) is 5.92 Å². The Bertz CT molecular complexity index is 1260. The molecule has 0 radical (unpaired) electrons. The molecule has 0 bridgehead atoms. The minimum atomic E-state index is -0.775. The van der Waals surface area contributed by atoms with E-state index in [1.54, 1.807) is 35.5 Å². The first kappa shape index (κ1) is 31.5. The molecule has 1 aromatic heterocycles. The summed E-state index contributed by atoms with van der Waals surface area (Å²) in [6.45, 7) is 12.0. The first-order valence-electron chi connectivity index (χ1n) is 15.2. The molecule has 0 unspecified atom stereocenters. The number of hydrogen-bond donors (Lipinski definition) is 1. The highest BCUT2D eigenvalue weighted by Crippen LogP contribution is 2.31. The number of fused-ring (bicyclic) bond motifs is 1. The summed E-state index contributed by atoms with van der Waals surface area (Å²) in [5.41, 5.74) is 2.26. The van der Waals surface area contributed by atoms with E-state index in [2.05, 4.69) is 15.1 Å². The molecule has 11 nitrogen and oxygen atoms in total. The maximum Gasteiger partial charge on any atom is 0.251 e. The third-order valence-corrected chi connectivity index (χ3v) is 9.66. The Hall–Kier alpha value is -2.90. The minimum Gasteiger partial charge on any atom is -0.383 e. The number of likely N-dealkylation sites (tertiary alicyclic amines) is 1. The number of thiazole rings is 1. The monoisotopic (exact) mass is 613 g/mol. The predicted octanol–water partition coefficient (Wildman–Crippen LogP) is 2.31. The Morgan fingerprint density at radius 2 is 1.91 bits per heavy atom. The van der Waals surface area contributed by atoms with E-state index >= 15 is 0 Å². The average molecular weight is 614 g/mol. The number of methoxy groups -OCH3 is 1. The smallest absolute Gasteiger partial charge is 0.251 e. The Morgan fingerprint density at radius 1 is 1.16 bits per heavy atom. The van der Waals surface area contributed by atoms with Crippen LogP contribution in [0.3, 0.4) is 0 Å². The van der Waals surface area contributed by atoms with Crippen LogP contribution in [0.1, 0.15) is 37.6 Å². The van der Waals surface area contributed by atoms with Gasteiger partial charge in [-0.05, 0) is 25.0 Å². The second-order valence-corrected chi connectivity index (χ2v) is 12.3. The molecule has 1 aromatic carbocycles. The SMILES string of the molecule is CCO[C@H]1CN(C(=O)[C@@H](NC(=O)c2ccc(-c3csc(N4CCN(CCOC)CC4)n3)cc2)[C@@H](C)CC)[C@@H]2C(=O)CO[C@H]12. The van der Waals surface area contributed by atoms with Crippen LogP contribution in [0.4, 0.5) is 5.13 Å². The summed E-state index contributed by atoms with van der Waals surface area (Å²) in [7, 11) is 1.73. The molecule has 3 saturated heterocycles. The number of anilines is 1. The number of ether oxygens (including phenoxy) is 3. The summed E-state index contributed by atoms with van der Waals surface area (Å²) in [4.78, 5) is 51.0. The number of Topliss-reactive ketones (excluding diaryl/α,β-unsaturated/α-hetero) is 1. The lowest BCUT2D eigenvalue weighted by atomic mass is 9.96. The third kappa shape index (κ3) is 6.93. The molecule has 234 valence electrons. The normalized spacial score (nSPS) is 23.8. The molecule has 3 aliphatic heterocycles. The molecule has 0 saturated carbocycles. The van der Waals surface area contributed by atoms with Gasteiger partial charge in [0, 0.05) is 62.9 Å². The van der Waals surface area contributed by atoms with Crippen molar-refractivity contribution < 1.29 is 28.6 Å². The Balaban J connectivity index is 1.23.